The van der Waals surface area contributed by atoms with Crippen LogP contribution in [0.25, 0.3) is 22.4 Å². The lowest BCUT2D eigenvalue weighted by molar-refractivity contribution is 0.0505. The van der Waals surface area contributed by atoms with Gasteiger partial charge in [0.25, 0.3) is 5.91 Å². The molecule has 0 bridgehead atoms. The Kier molecular flexibility index (Phi) is 5.80. The van der Waals surface area contributed by atoms with Crippen molar-refractivity contribution in [3.63, 3.8) is 0 Å². The van der Waals surface area contributed by atoms with Crippen molar-refractivity contribution in [2.24, 2.45) is 0 Å². The fourth-order valence-corrected chi connectivity index (χ4v) is 3.23. The van der Waals surface area contributed by atoms with Gasteiger partial charge in [-0.2, -0.15) is 0 Å². The highest BCUT2D eigenvalue weighted by Crippen LogP contribution is 2.27. The average Bonchev–Trinajstić information content (AvgIpc) is 3.23. The van der Waals surface area contributed by atoms with Crippen LogP contribution in [-0.2, 0) is 4.74 Å². The third kappa shape index (κ3) is 4.48. The van der Waals surface area contributed by atoms with Crippen molar-refractivity contribution >= 4 is 28.5 Å². The van der Waals surface area contributed by atoms with Crippen LogP contribution in [0.1, 0.15) is 39.8 Å². The van der Waals surface area contributed by atoms with Gasteiger partial charge in [0.05, 0.1) is 23.3 Å². The molecule has 0 fully saturated rings. The Morgan fingerprint density at radius 3 is 2.52 bits per heavy atom. The van der Waals surface area contributed by atoms with E-state index in [9.17, 15) is 9.59 Å². The SMILES string of the molecule is CCCOC(=O)c1ccc(NC(=O)c2cc(-c3ccc(C)o3)nc3ccccc23)cc1. The molecule has 1 amide bonds. The number of aromatic nitrogens is 1. The minimum absolute atomic E-state index is 0.274. The molecule has 0 aliphatic carbocycles. The molecule has 1 N–H and O–H groups in total. The number of anilines is 1. The van der Waals surface area contributed by atoms with Crippen LogP contribution >= 0.6 is 0 Å². The number of aryl methyl sites for hydroxylation is 1. The standard InChI is InChI=1S/C25H22N2O4/c1-3-14-30-25(29)17-9-11-18(12-10-17)26-24(28)20-15-22(23-13-8-16(2)31-23)27-21-7-5-4-6-19(20)21/h4-13,15H,3,14H2,1-2H3,(H,26,28). The molecule has 2 aromatic heterocycles. The molecule has 0 saturated heterocycles. The van der Waals surface area contributed by atoms with Crippen LogP contribution in [0.5, 0.6) is 0 Å². The van der Waals surface area contributed by atoms with E-state index in [0.29, 0.717) is 40.4 Å². The van der Waals surface area contributed by atoms with Gasteiger partial charge in [0.2, 0.25) is 0 Å². The fraction of sp³-hybridized carbons (Fsp3) is 0.160. The maximum Gasteiger partial charge on any atom is 0.338 e. The second-order valence-corrected chi connectivity index (χ2v) is 7.15. The van der Waals surface area contributed by atoms with Gasteiger partial charge < -0.3 is 14.5 Å². The molecule has 0 spiro atoms. The number of furan rings is 1. The van der Waals surface area contributed by atoms with E-state index in [1.54, 1.807) is 30.3 Å². The zero-order chi connectivity index (χ0) is 21.8. The maximum atomic E-state index is 13.1. The lowest BCUT2D eigenvalue weighted by Crippen LogP contribution is -2.13. The van der Waals surface area contributed by atoms with E-state index in [-0.39, 0.29) is 11.9 Å². The van der Waals surface area contributed by atoms with Gasteiger partial charge in [-0.15, -0.1) is 0 Å². The highest BCUT2D eigenvalue weighted by atomic mass is 16.5. The number of rotatable bonds is 6. The Morgan fingerprint density at radius 2 is 1.81 bits per heavy atom. The molecule has 2 heterocycles. The monoisotopic (exact) mass is 414 g/mol. The summed E-state index contributed by atoms with van der Waals surface area (Å²) in [5.74, 6) is 0.725. The van der Waals surface area contributed by atoms with Crippen LogP contribution in [0.2, 0.25) is 0 Å². The summed E-state index contributed by atoms with van der Waals surface area (Å²) < 4.78 is 10.8. The van der Waals surface area contributed by atoms with Crippen LogP contribution in [0.3, 0.4) is 0 Å². The normalized spacial score (nSPS) is 10.8. The molecule has 0 unspecified atom stereocenters. The number of amides is 1. The van der Waals surface area contributed by atoms with Crippen molar-refractivity contribution in [2.75, 3.05) is 11.9 Å². The lowest BCUT2D eigenvalue weighted by atomic mass is 10.1. The summed E-state index contributed by atoms with van der Waals surface area (Å²) in [4.78, 5) is 29.7. The Hall–Kier alpha value is -3.93. The van der Waals surface area contributed by atoms with Crippen LogP contribution < -0.4 is 5.32 Å². The van der Waals surface area contributed by atoms with Gasteiger partial charge in [0, 0.05) is 11.1 Å². The first-order chi connectivity index (χ1) is 15.0. The van der Waals surface area contributed by atoms with Gasteiger partial charge in [0.15, 0.2) is 5.76 Å². The number of nitrogens with one attached hydrogen (secondary N) is 1. The van der Waals surface area contributed by atoms with Gasteiger partial charge in [0.1, 0.15) is 11.5 Å². The average molecular weight is 414 g/mol. The molecule has 156 valence electrons. The van der Waals surface area contributed by atoms with Crippen molar-refractivity contribution in [3.8, 4) is 11.5 Å². The zero-order valence-corrected chi connectivity index (χ0v) is 17.3. The second kappa shape index (κ2) is 8.83. The molecular formula is C25H22N2O4. The number of carbonyl (C=O) groups excluding carboxylic acids is 2. The lowest BCUT2D eigenvalue weighted by Gasteiger charge is -2.10. The third-order valence-electron chi connectivity index (χ3n) is 4.77. The Morgan fingerprint density at radius 1 is 1.03 bits per heavy atom. The first-order valence-electron chi connectivity index (χ1n) is 10.1. The van der Waals surface area contributed by atoms with Gasteiger partial charge in [-0.1, -0.05) is 25.1 Å². The molecule has 2 aromatic carbocycles. The number of esters is 1. The van der Waals surface area contributed by atoms with Crippen LogP contribution in [0, 0.1) is 6.92 Å². The van der Waals surface area contributed by atoms with Gasteiger partial charge in [-0.3, -0.25) is 4.79 Å². The predicted molar refractivity (Wildman–Crippen MR) is 119 cm³/mol. The van der Waals surface area contributed by atoms with Gasteiger partial charge in [-0.25, -0.2) is 9.78 Å². The van der Waals surface area contributed by atoms with Crippen molar-refractivity contribution in [3.05, 3.63) is 83.6 Å². The van der Waals surface area contributed by atoms with E-state index in [1.165, 1.54) is 0 Å². The molecule has 0 aliphatic heterocycles. The molecule has 0 aliphatic rings. The summed E-state index contributed by atoms with van der Waals surface area (Å²) in [6.07, 6.45) is 0.763. The van der Waals surface area contributed by atoms with Crippen LogP contribution in [0.4, 0.5) is 5.69 Å². The van der Waals surface area contributed by atoms with E-state index in [4.69, 9.17) is 9.15 Å². The molecule has 4 rings (SSSR count). The first kappa shape index (κ1) is 20.3. The molecule has 31 heavy (non-hydrogen) atoms. The van der Waals surface area contributed by atoms with Crippen molar-refractivity contribution < 1.29 is 18.7 Å². The summed E-state index contributed by atoms with van der Waals surface area (Å²) in [6.45, 7) is 4.18. The number of carbonyl (C=O) groups is 2. The van der Waals surface area contributed by atoms with Crippen molar-refractivity contribution in [1.82, 2.24) is 4.98 Å². The van der Waals surface area contributed by atoms with Crippen molar-refractivity contribution in [2.45, 2.75) is 20.3 Å². The number of pyridine rings is 1. The molecule has 4 aromatic rings. The number of benzene rings is 2. The van der Waals surface area contributed by atoms with E-state index in [0.717, 1.165) is 17.6 Å². The second-order valence-electron chi connectivity index (χ2n) is 7.15. The highest BCUT2D eigenvalue weighted by Gasteiger charge is 2.16. The van der Waals surface area contributed by atoms with Crippen LogP contribution in [-0.4, -0.2) is 23.5 Å². The Bertz CT molecular complexity index is 1240. The number of hydrogen-bond donors (Lipinski definition) is 1. The minimum Gasteiger partial charge on any atom is -0.462 e. The number of fused-ring (bicyclic) bond motifs is 1. The van der Waals surface area contributed by atoms with E-state index >= 15 is 0 Å². The number of para-hydroxylation sites is 1. The number of ether oxygens (including phenoxy) is 1. The first-order valence-corrected chi connectivity index (χ1v) is 10.1. The summed E-state index contributed by atoms with van der Waals surface area (Å²) in [6, 6.07) is 19.5. The zero-order valence-electron chi connectivity index (χ0n) is 17.3. The van der Waals surface area contributed by atoms with Gasteiger partial charge >= 0.3 is 5.97 Å². The Labute approximate surface area is 179 Å². The summed E-state index contributed by atoms with van der Waals surface area (Å²) in [7, 11) is 0. The van der Waals surface area contributed by atoms with E-state index < -0.39 is 0 Å². The molecular weight excluding hydrogens is 392 g/mol. The minimum atomic E-state index is -0.377. The largest absolute Gasteiger partial charge is 0.462 e. The number of hydrogen-bond acceptors (Lipinski definition) is 5. The molecule has 0 radical (unpaired) electrons. The third-order valence-corrected chi connectivity index (χ3v) is 4.77. The highest BCUT2D eigenvalue weighted by molar-refractivity contribution is 6.13. The smallest absolute Gasteiger partial charge is 0.338 e. The van der Waals surface area contributed by atoms with Gasteiger partial charge in [-0.05, 0) is 61.9 Å². The Balaban J connectivity index is 1.62. The summed E-state index contributed by atoms with van der Waals surface area (Å²) in [5.41, 5.74) is 2.80. The van der Waals surface area contributed by atoms with Crippen LogP contribution in [0.15, 0.2) is 71.1 Å². The predicted octanol–water partition coefficient (Wildman–Crippen LogP) is 5.62. The number of nitrogens with zero attached hydrogens (tertiary/aromatic N) is 1. The molecule has 0 atom stereocenters. The molecule has 0 saturated carbocycles. The maximum absolute atomic E-state index is 13.1. The quantitative estimate of drug-likeness (QED) is 0.414. The topological polar surface area (TPSA) is 81.4 Å². The molecule has 6 nitrogen and oxygen atoms in total. The molecule has 6 heteroatoms. The summed E-state index contributed by atoms with van der Waals surface area (Å²) >= 11 is 0. The van der Waals surface area contributed by atoms with E-state index in [2.05, 4.69) is 10.3 Å². The van der Waals surface area contributed by atoms with Crippen molar-refractivity contribution in [1.29, 1.82) is 0 Å². The van der Waals surface area contributed by atoms with E-state index in [1.807, 2.05) is 50.2 Å². The fourth-order valence-electron chi connectivity index (χ4n) is 3.23. The summed E-state index contributed by atoms with van der Waals surface area (Å²) in [5, 5.41) is 3.64.